The van der Waals surface area contributed by atoms with Crippen molar-refractivity contribution >= 4 is 5.97 Å². The molecule has 0 aliphatic carbocycles. The Labute approximate surface area is 148 Å². The molecule has 0 amide bonds. The third kappa shape index (κ3) is 6.38. The molecule has 0 aliphatic heterocycles. The first-order chi connectivity index (χ1) is 12.1. The lowest BCUT2D eigenvalue weighted by atomic mass is 10.0. The average molecular weight is 354 g/mol. The number of esters is 1. The summed E-state index contributed by atoms with van der Waals surface area (Å²) in [4.78, 5) is 12.1. The second-order valence-electron chi connectivity index (χ2n) is 5.19. The van der Waals surface area contributed by atoms with Gasteiger partial charge in [0, 0.05) is 12.7 Å². The van der Waals surface area contributed by atoms with Crippen molar-refractivity contribution in [2.24, 2.45) is 0 Å². The lowest BCUT2D eigenvalue weighted by Gasteiger charge is -2.17. The fraction of sp³-hybridized carbons (Fsp3) is 0.500. The van der Waals surface area contributed by atoms with Gasteiger partial charge in [-0.1, -0.05) is 11.6 Å². The van der Waals surface area contributed by atoms with Gasteiger partial charge in [-0.05, 0) is 25.5 Å². The third-order valence-electron chi connectivity index (χ3n) is 3.47. The smallest absolute Gasteiger partial charge is 0.341 e. The normalized spacial score (nSPS) is 11.3. The highest BCUT2D eigenvalue weighted by molar-refractivity contribution is 5.93. The number of rotatable bonds is 11. The largest absolute Gasteiger partial charge is 0.496 e. The molecule has 0 saturated heterocycles. The molecule has 0 fully saturated rings. The van der Waals surface area contributed by atoms with Gasteiger partial charge in [0.2, 0.25) is 0 Å². The summed E-state index contributed by atoms with van der Waals surface area (Å²) in [6.07, 6.45) is 2.27. The number of methoxy groups -OCH3 is 3. The molecule has 7 heteroatoms. The molecule has 0 aromatic heterocycles. The Morgan fingerprint density at radius 1 is 1.20 bits per heavy atom. The van der Waals surface area contributed by atoms with E-state index in [1.54, 1.807) is 19.2 Å². The summed E-state index contributed by atoms with van der Waals surface area (Å²) in [5, 5.41) is 9.18. The predicted octanol–water partition coefficient (Wildman–Crippen LogP) is 1.96. The fourth-order valence-electron chi connectivity index (χ4n) is 2.07. The standard InChI is InChI=1S/C18H26O7/c1-13(11-19)5-6-14-16(22-3)8-7-15(18(20)23-4)17(14)25-12-24-10-9-21-2/h5,7-8,19H,6,9-12H2,1-4H3/b13-5+. The summed E-state index contributed by atoms with van der Waals surface area (Å²) >= 11 is 0. The lowest BCUT2D eigenvalue weighted by Crippen LogP contribution is -2.13. The maximum Gasteiger partial charge on any atom is 0.341 e. The van der Waals surface area contributed by atoms with Crippen molar-refractivity contribution in [3.8, 4) is 11.5 Å². The minimum atomic E-state index is -0.515. The van der Waals surface area contributed by atoms with Gasteiger partial charge in [0.25, 0.3) is 0 Å². The molecule has 1 aromatic carbocycles. The van der Waals surface area contributed by atoms with Crippen molar-refractivity contribution in [2.45, 2.75) is 13.3 Å². The molecular weight excluding hydrogens is 328 g/mol. The van der Waals surface area contributed by atoms with E-state index < -0.39 is 5.97 Å². The highest BCUT2D eigenvalue weighted by Gasteiger charge is 2.20. The van der Waals surface area contributed by atoms with Crippen LogP contribution in [0.5, 0.6) is 11.5 Å². The second-order valence-corrected chi connectivity index (χ2v) is 5.19. The van der Waals surface area contributed by atoms with E-state index in [4.69, 9.17) is 23.7 Å². The number of ether oxygens (including phenoxy) is 5. The Balaban J connectivity index is 3.15. The maximum absolute atomic E-state index is 12.1. The SMILES string of the molecule is COCCOCOc1c(C(=O)OC)ccc(OC)c1C/C=C(\C)CO. The first-order valence-corrected chi connectivity index (χ1v) is 7.83. The van der Waals surface area contributed by atoms with Gasteiger partial charge in [0.15, 0.2) is 6.79 Å². The van der Waals surface area contributed by atoms with Crippen LogP contribution in [0.15, 0.2) is 23.8 Å². The first-order valence-electron chi connectivity index (χ1n) is 7.83. The Morgan fingerprint density at radius 3 is 2.56 bits per heavy atom. The average Bonchev–Trinajstić information content (AvgIpc) is 2.64. The number of benzene rings is 1. The zero-order valence-corrected chi connectivity index (χ0v) is 15.2. The molecule has 25 heavy (non-hydrogen) atoms. The summed E-state index contributed by atoms with van der Waals surface area (Å²) in [5.74, 6) is 0.394. The Kier molecular flexibility index (Phi) is 9.61. The van der Waals surface area contributed by atoms with Gasteiger partial charge < -0.3 is 28.8 Å². The molecule has 0 bridgehead atoms. The lowest BCUT2D eigenvalue weighted by molar-refractivity contribution is -0.00951. The number of carbonyl (C=O) groups is 1. The molecule has 0 heterocycles. The van der Waals surface area contributed by atoms with Crippen LogP contribution in [0.25, 0.3) is 0 Å². The van der Waals surface area contributed by atoms with Gasteiger partial charge in [-0.15, -0.1) is 0 Å². The van der Waals surface area contributed by atoms with E-state index in [-0.39, 0.29) is 19.0 Å². The van der Waals surface area contributed by atoms with Gasteiger partial charge in [-0.25, -0.2) is 4.79 Å². The zero-order valence-electron chi connectivity index (χ0n) is 15.2. The number of hydrogen-bond acceptors (Lipinski definition) is 7. The van der Waals surface area contributed by atoms with Crippen LogP contribution in [0.2, 0.25) is 0 Å². The highest BCUT2D eigenvalue weighted by atomic mass is 16.7. The Hall–Kier alpha value is -2.09. The molecule has 0 atom stereocenters. The first kappa shape index (κ1) is 21.0. The van der Waals surface area contributed by atoms with Gasteiger partial charge in [-0.3, -0.25) is 0 Å². The maximum atomic E-state index is 12.1. The van der Waals surface area contributed by atoms with Gasteiger partial charge in [-0.2, -0.15) is 0 Å². The summed E-state index contributed by atoms with van der Waals surface area (Å²) in [5.41, 5.74) is 1.75. The van der Waals surface area contributed by atoms with E-state index in [1.165, 1.54) is 14.2 Å². The second kappa shape index (κ2) is 11.5. The van der Waals surface area contributed by atoms with Crippen LogP contribution in [-0.4, -0.2) is 59.0 Å². The van der Waals surface area contributed by atoms with Crippen molar-refractivity contribution in [1.29, 1.82) is 0 Å². The van der Waals surface area contributed by atoms with Gasteiger partial charge >= 0.3 is 5.97 Å². The number of allylic oxidation sites excluding steroid dienone is 1. The van der Waals surface area contributed by atoms with E-state index in [0.717, 1.165) is 5.57 Å². The Morgan fingerprint density at radius 2 is 1.96 bits per heavy atom. The topological polar surface area (TPSA) is 83.5 Å². The molecule has 0 saturated carbocycles. The van der Waals surface area contributed by atoms with Crippen LogP contribution in [0.4, 0.5) is 0 Å². The van der Waals surface area contributed by atoms with E-state index in [9.17, 15) is 9.90 Å². The highest BCUT2D eigenvalue weighted by Crippen LogP contribution is 2.34. The van der Waals surface area contributed by atoms with Crippen LogP contribution in [0, 0.1) is 0 Å². The fourth-order valence-corrected chi connectivity index (χ4v) is 2.07. The van der Waals surface area contributed by atoms with Crippen LogP contribution in [0.1, 0.15) is 22.8 Å². The van der Waals surface area contributed by atoms with E-state index in [2.05, 4.69) is 0 Å². The van der Waals surface area contributed by atoms with Crippen molar-refractivity contribution in [3.05, 3.63) is 34.9 Å². The minimum absolute atomic E-state index is 0.0454. The van der Waals surface area contributed by atoms with Crippen molar-refractivity contribution < 1.29 is 33.6 Å². The predicted molar refractivity (Wildman–Crippen MR) is 92.2 cm³/mol. The molecule has 1 rings (SSSR count). The van der Waals surface area contributed by atoms with Gasteiger partial charge in [0.05, 0.1) is 34.0 Å². The van der Waals surface area contributed by atoms with E-state index in [0.29, 0.717) is 36.7 Å². The van der Waals surface area contributed by atoms with Gasteiger partial charge in [0.1, 0.15) is 17.1 Å². The van der Waals surface area contributed by atoms with Crippen LogP contribution in [-0.2, 0) is 20.6 Å². The monoisotopic (exact) mass is 354 g/mol. The van der Waals surface area contributed by atoms with Crippen molar-refractivity contribution in [3.63, 3.8) is 0 Å². The summed E-state index contributed by atoms with van der Waals surface area (Å²) < 4.78 is 26.1. The molecule has 1 aromatic rings. The molecule has 0 radical (unpaired) electrons. The van der Waals surface area contributed by atoms with E-state index >= 15 is 0 Å². The third-order valence-corrected chi connectivity index (χ3v) is 3.47. The number of hydrogen-bond donors (Lipinski definition) is 1. The number of aliphatic hydroxyl groups excluding tert-OH is 1. The van der Waals surface area contributed by atoms with Crippen LogP contribution >= 0.6 is 0 Å². The minimum Gasteiger partial charge on any atom is -0.496 e. The Bertz CT molecular complexity index is 581. The molecule has 7 nitrogen and oxygen atoms in total. The zero-order chi connectivity index (χ0) is 18.7. The van der Waals surface area contributed by atoms with Crippen molar-refractivity contribution in [1.82, 2.24) is 0 Å². The molecule has 0 spiro atoms. The molecule has 140 valence electrons. The van der Waals surface area contributed by atoms with Crippen LogP contribution < -0.4 is 9.47 Å². The summed E-state index contributed by atoms with van der Waals surface area (Å²) in [7, 11) is 4.43. The number of aliphatic hydroxyl groups is 1. The summed E-state index contributed by atoms with van der Waals surface area (Å²) in [6, 6.07) is 3.27. The molecule has 0 aliphatic rings. The van der Waals surface area contributed by atoms with E-state index in [1.807, 2.05) is 13.0 Å². The van der Waals surface area contributed by atoms with Crippen molar-refractivity contribution in [2.75, 3.05) is 47.9 Å². The number of carbonyl (C=O) groups excluding carboxylic acids is 1. The van der Waals surface area contributed by atoms with Crippen LogP contribution in [0.3, 0.4) is 0 Å². The molecule has 1 N–H and O–H groups in total. The summed E-state index contributed by atoms with van der Waals surface area (Å²) in [6.45, 7) is 2.53. The molecular formula is C18H26O7. The quantitative estimate of drug-likeness (QED) is 0.281. The molecule has 0 unspecified atom stereocenters.